The summed E-state index contributed by atoms with van der Waals surface area (Å²) in [6.07, 6.45) is 0.0897. The number of hydrogen-bond acceptors (Lipinski definition) is 2. The Kier molecular flexibility index (Phi) is 3.47. The maximum absolute atomic E-state index is 13.0. The smallest absolute Gasteiger partial charge is 0.141 e. The fraction of sp³-hybridized carbons (Fsp3) is 0.500. The minimum absolute atomic E-state index is 0.0516. The van der Waals surface area contributed by atoms with Crippen LogP contribution in [0.5, 0.6) is 0 Å². The zero-order chi connectivity index (χ0) is 11.7. The van der Waals surface area contributed by atoms with Crippen LogP contribution in [0.2, 0.25) is 5.02 Å². The van der Waals surface area contributed by atoms with Crippen LogP contribution >= 0.6 is 11.6 Å². The number of morpholine rings is 1. The highest BCUT2D eigenvalue weighted by atomic mass is 35.5. The van der Waals surface area contributed by atoms with Gasteiger partial charge < -0.3 is 10.1 Å². The predicted octanol–water partition coefficient (Wildman–Crippen LogP) is 2.92. The van der Waals surface area contributed by atoms with Crippen molar-refractivity contribution >= 4 is 11.6 Å². The molecule has 1 aliphatic heterocycles. The maximum atomic E-state index is 13.0. The van der Waals surface area contributed by atoms with E-state index < -0.39 is 5.82 Å². The van der Waals surface area contributed by atoms with E-state index in [0.717, 1.165) is 12.1 Å². The van der Waals surface area contributed by atoms with E-state index in [1.807, 2.05) is 6.92 Å². The van der Waals surface area contributed by atoms with E-state index in [1.165, 1.54) is 6.07 Å². The van der Waals surface area contributed by atoms with Crippen LogP contribution in [0.3, 0.4) is 0 Å². The van der Waals surface area contributed by atoms with E-state index in [1.54, 1.807) is 12.1 Å². The van der Waals surface area contributed by atoms with Crippen molar-refractivity contribution in [3.8, 4) is 0 Å². The summed E-state index contributed by atoms with van der Waals surface area (Å²) in [6, 6.07) is 5.07. The van der Waals surface area contributed by atoms with Crippen molar-refractivity contribution in [2.45, 2.75) is 32.1 Å². The second-order valence-electron chi connectivity index (χ2n) is 4.20. The number of ether oxygens (including phenoxy) is 1. The van der Waals surface area contributed by atoms with Gasteiger partial charge >= 0.3 is 0 Å². The molecule has 1 N–H and O–H groups in total. The van der Waals surface area contributed by atoms with E-state index in [-0.39, 0.29) is 17.2 Å². The Balaban J connectivity index is 2.15. The Labute approximate surface area is 99.7 Å². The number of rotatable bonds is 1. The number of nitrogens with one attached hydrogen (secondary N) is 1. The van der Waals surface area contributed by atoms with Crippen LogP contribution in [0, 0.1) is 5.82 Å². The largest absolute Gasteiger partial charge is 0.368 e. The third kappa shape index (κ3) is 2.37. The van der Waals surface area contributed by atoms with E-state index in [2.05, 4.69) is 12.2 Å². The lowest BCUT2D eigenvalue weighted by Crippen LogP contribution is -2.46. The fourth-order valence-corrected chi connectivity index (χ4v) is 1.98. The van der Waals surface area contributed by atoms with E-state index >= 15 is 0 Å². The molecular weight excluding hydrogens is 229 g/mol. The number of hydrogen-bond donors (Lipinski definition) is 1. The normalized spacial score (nSPS) is 30.4. The SMILES string of the molecule is CC1NCC(c2ccc(F)c(Cl)c2)OC1C. The Morgan fingerprint density at radius 1 is 1.44 bits per heavy atom. The van der Waals surface area contributed by atoms with Crippen LogP contribution in [0.1, 0.15) is 25.5 Å². The van der Waals surface area contributed by atoms with E-state index in [9.17, 15) is 4.39 Å². The molecule has 0 bridgehead atoms. The molecule has 0 amide bonds. The van der Waals surface area contributed by atoms with Crippen LogP contribution in [0.4, 0.5) is 4.39 Å². The van der Waals surface area contributed by atoms with Gasteiger partial charge in [-0.2, -0.15) is 0 Å². The van der Waals surface area contributed by atoms with Crippen molar-refractivity contribution in [2.75, 3.05) is 6.54 Å². The van der Waals surface area contributed by atoms with Crippen LogP contribution in [0.25, 0.3) is 0 Å². The molecule has 1 aromatic carbocycles. The summed E-state index contributed by atoms with van der Waals surface area (Å²) in [4.78, 5) is 0. The van der Waals surface area contributed by atoms with E-state index in [0.29, 0.717) is 6.04 Å². The van der Waals surface area contributed by atoms with Crippen LogP contribution < -0.4 is 5.32 Å². The zero-order valence-corrected chi connectivity index (χ0v) is 10.1. The highest BCUT2D eigenvalue weighted by Gasteiger charge is 2.25. The highest BCUT2D eigenvalue weighted by molar-refractivity contribution is 6.30. The van der Waals surface area contributed by atoms with Crippen molar-refractivity contribution in [1.82, 2.24) is 5.32 Å². The monoisotopic (exact) mass is 243 g/mol. The second-order valence-corrected chi connectivity index (χ2v) is 4.61. The molecule has 88 valence electrons. The molecule has 0 aromatic heterocycles. The topological polar surface area (TPSA) is 21.3 Å². The first-order valence-electron chi connectivity index (χ1n) is 5.41. The van der Waals surface area contributed by atoms with Gasteiger partial charge in [-0.1, -0.05) is 17.7 Å². The molecule has 1 saturated heterocycles. The molecule has 1 fully saturated rings. The van der Waals surface area contributed by atoms with Crippen LogP contribution in [-0.2, 0) is 4.74 Å². The van der Waals surface area contributed by atoms with Crippen molar-refractivity contribution in [3.63, 3.8) is 0 Å². The third-order valence-corrected chi connectivity index (χ3v) is 3.31. The Morgan fingerprint density at radius 2 is 2.19 bits per heavy atom. The summed E-state index contributed by atoms with van der Waals surface area (Å²) in [6.45, 7) is 4.83. The summed E-state index contributed by atoms with van der Waals surface area (Å²) in [7, 11) is 0. The van der Waals surface area contributed by atoms with Gasteiger partial charge in [-0.25, -0.2) is 4.39 Å². The standard InChI is InChI=1S/C12H15ClFNO/c1-7-8(2)16-12(6-15-7)9-3-4-11(14)10(13)5-9/h3-5,7-8,12,15H,6H2,1-2H3. The first-order valence-corrected chi connectivity index (χ1v) is 5.79. The lowest BCUT2D eigenvalue weighted by molar-refractivity contribution is -0.0509. The van der Waals surface area contributed by atoms with Gasteiger partial charge in [0.05, 0.1) is 17.2 Å². The maximum Gasteiger partial charge on any atom is 0.141 e. The van der Waals surface area contributed by atoms with Gasteiger partial charge in [0.2, 0.25) is 0 Å². The first-order chi connectivity index (χ1) is 7.58. The Hall–Kier alpha value is -0.640. The van der Waals surface area contributed by atoms with Gasteiger partial charge in [-0.3, -0.25) is 0 Å². The fourth-order valence-electron chi connectivity index (χ4n) is 1.79. The summed E-state index contributed by atoms with van der Waals surface area (Å²) in [5.41, 5.74) is 0.914. The molecule has 0 spiro atoms. The van der Waals surface area contributed by atoms with Crippen LogP contribution in [0.15, 0.2) is 18.2 Å². The highest BCUT2D eigenvalue weighted by Crippen LogP contribution is 2.26. The van der Waals surface area contributed by atoms with Gasteiger partial charge in [0.25, 0.3) is 0 Å². The molecule has 2 nitrogen and oxygen atoms in total. The molecule has 1 aliphatic rings. The molecule has 0 aliphatic carbocycles. The van der Waals surface area contributed by atoms with Crippen LogP contribution in [-0.4, -0.2) is 18.7 Å². The molecular formula is C12H15ClFNO. The average molecular weight is 244 g/mol. The molecule has 3 atom stereocenters. The quantitative estimate of drug-likeness (QED) is 0.819. The molecule has 4 heteroatoms. The summed E-state index contributed by atoms with van der Waals surface area (Å²) in [5, 5.41) is 3.50. The molecule has 0 saturated carbocycles. The lowest BCUT2D eigenvalue weighted by atomic mass is 10.1. The van der Waals surface area contributed by atoms with Crippen molar-refractivity contribution in [3.05, 3.63) is 34.6 Å². The molecule has 2 rings (SSSR count). The number of benzene rings is 1. The summed E-state index contributed by atoms with van der Waals surface area (Å²) < 4.78 is 18.9. The van der Waals surface area contributed by atoms with Crippen molar-refractivity contribution < 1.29 is 9.13 Å². The Bertz CT molecular complexity index is 385. The van der Waals surface area contributed by atoms with E-state index in [4.69, 9.17) is 16.3 Å². The third-order valence-electron chi connectivity index (χ3n) is 3.02. The minimum Gasteiger partial charge on any atom is -0.368 e. The first kappa shape index (κ1) is 11.8. The van der Waals surface area contributed by atoms with Gasteiger partial charge in [0, 0.05) is 12.6 Å². The van der Waals surface area contributed by atoms with Gasteiger partial charge in [-0.15, -0.1) is 0 Å². The van der Waals surface area contributed by atoms with Gasteiger partial charge in [-0.05, 0) is 31.5 Å². The lowest BCUT2D eigenvalue weighted by Gasteiger charge is -2.34. The summed E-state index contributed by atoms with van der Waals surface area (Å²) >= 11 is 5.75. The molecule has 1 heterocycles. The predicted molar refractivity (Wildman–Crippen MR) is 62.2 cm³/mol. The second kappa shape index (κ2) is 4.70. The zero-order valence-electron chi connectivity index (χ0n) is 9.34. The minimum atomic E-state index is -0.393. The van der Waals surface area contributed by atoms with Crippen molar-refractivity contribution in [1.29, 1.82) is 0 Å². The molecule has 16 heavy (non-hydrogen) atoms. The average Bonchev–Trinajstić information content (AvgIpc) is 2.26. The Morgan fingerprint density at radius 3 is 2.81 bits per heavy atom. The molecule has 1 aromatic rings. The molecule has 3 unspecified atom stereocenters. The van der Waals surface area contributed by atoms with Gasteiger partial charge in [0.15, 0.2) is 0 Å². The summed E-state index contributed by atoms with van der Waals surface area (Å²) in [5.74, 6) is -0.393. The number of halogens is 2. The van der Waals surface area contributed by atoms with Crippen molar-refractivity contribution in [2.24, 2.45) is 0 Å². The molecule has 0 radical (unpaired) electrons. The van der Waals surface area contributed by atoms with Gasteiger partial charge in [0.1, 0.15) is 5.82 Å².